The number of hydrogen-bond donors (Lipinski definition) is 1. The molecular weight excluding hydrogens is 250 g/mol. The van der Waals surface area contributed by atoms with Gasteiger partial charge in [-0.1, -0.05) is 36.4 Å². The molecule has 0 saturated carbocycles. The fraction of sp³-hybridized carbons (Fsp3) is 0.294. The van der Waals surface area contributed by atoms with Crippen LogP contribution in [0.3, 0.4) is 0 Å². The molecule has 1 atom stereocenters. The smallest absolute Gasteiger partial charge is 0.123 e. The topological polar surface area (TPSA) is 44.5 Å². The fourth-order valence-electron chi connectivity index (χ4n) is 2.14. The molecule has 0 aromatic heterocycles. The number of hydrogen-bond acceptors (Lipinski definition) is 3. The molecule has 0 saturated heterocycles. The normalized spacial score (nSPS) is 11.9. The van der Waals surface area contributed by atoms with Crippen LogP contribution in [0.15, 0.2) is 54.6 Å². The van der Waals surface area contributed by atoms with Gasteiger partial charge >= 0.3 is 0 Å². The van der Waals surface area contributed by atoms with Crippen LogP contribution >= 0.6 is 0 Å². The molecule has 0 aliphatic carbocycles. The molecule has 3 heteroatoms. The summed E-state index contributed by atoms with van der Waals surface area (Å²) in [6, 6.07) is 17.7. The number of ether oxygens (including phenoxy) is 2. The van der Waals surface area contributed by atoms with Gasteiger partial charge in [0.1, 0.15) is 11.5 Å². The predicted octanol–water partition coefficient (Wildman–Crippen LogP) is 3.55. The van der Waals surface area contributed by atoms with Crippen LogP contribution in [-0.2, 0) is 0 Å². The Hall–Kier alpha value is -2.00. The minimum absolute atomic E-state index is 0.0227. The number of rotatable bonds is 7. The largest absolute Gasteiger partial charge is 0.496 e. The molecule has 0 aliphatic rings. The zero-order valence-electron chi connectivity index (χ0n) is 11.8. The monoisotopic (exact) mass is 271 g/mol. The number of nitrogens with two attached hydrogens (primary N) is 1. The second-order valence-electron chi connectivity index (χ2n) is 4.65. The Morgan fingerprint density at radius 1 is 1.00 bits per heavy atom. The van der Waals surface area contributed by atoms with Crippen LogP contribution in [0, 0.1) is 0 Å². The Kier molecular flexibility index (Phi) is 5.44. The van der Waals surface area contributed by atoms with E-state index < -0.39 is 0 Å². The highest BCUT2D eigenvalue weighted by Gasteiger charge is 2.10. The van der Waals surface area contributed by atoms with Crippen molar-refractivity contribution < 1.29 is 9.47 Å². The van der Waals surface area contributed by atoms with Crippen LogP contribution < -0.4 is 15.2 Å². The Morgan fingerprint density at radius 2 is 1.70 bits per heavy atom. The first-order valence-corrected chi connectivity index (χ1v) is 6.87. The van der Waals surface area contributed by atoms with Gasteiger partial charge in [0.05, 0.1) is 13.7 Å². The van der Waals surface area contributed by atoms with Crippen molar-refractivity contribution in [2.45, 2.75) is 18.9 Å². The molecule has 106 valence electrons. The van der Waals surface area contributed by atoms with Crippen molar-refractivity contribution in [1.29, 1.82) is 0 Å². The summed E-state index contributed by atoms with van der Waals surface area (Å²) in [5, 5.41) is 0. The quantitative estimate of drug-likeness (QED) is 0.783. The highest BCUT2D eigenvalue weighted by molar-refractivity contribution is 5.35. The molecule has 2 rings (SSSR count). The first-order valence-electron chi connectivity index (χ1n) is 6.87. The molecule has 0 bridgehead atoms. The molecule has 0 heterocycles. The lowest BCUT2D eigenvalue weighted by Gasteiger charge is -2.15. The highest BCUT2D eigenvalue weighted by Crippen LogP contribution is 2.25. The summed E-state index contributed by atoms with van der Waals surface area (Å²) >= 11 is 0. The molecule has 0 aliphatic heterocycles. The third-order valence-electron chi connectivity index (χ3n) is 3.21. The predicted molar refractivity (Wildman–Crippen MR) is 81.1 cm³/mol. The van der Waals surface area contributed by atoms with E-state index in [1.165, 1.54) is 0 Å². The Bertz CT molecular complexity index is 513. The Morgan fingerprint density at radius 3 is 2.45 bits per heavy atom. The van der Waals surface area contributed by atoms with Crippen LogP contribution in [0.1, 0.15) is 24.4 Å². The summed E-state index contributed by atoms with van der Waals surface area (Å²) in [4.78, 5) is 0. The Balaban J connectivity index is 1.79. The first-order chi connectivity index (χ1) is 9.81. The molecule has 0 fully saturated rings. The SMILES string of the molecule is COc1ccccc1C(N)CCCOc1ccccc1. The molecule has 3 nitrogen and oxygen atoms in total. The second kappa shape index (κ2) is 7.56. The van der Waals surface area contributed by atoms with Crippen LogP contribution in [0.2, 0.25) is 0 Å². The summed E-state index contributed by atoms with van der Waals surface area (Å²) < 4.78 is 11.0. The van der Waals surface area contributed by atoms with E-state index in [4.69, 9.17) is 15.2 Å². The lowest BCUT2D eigenvalue weighted by molar-refractivity contribution is 0.301. The van der Waals surface area contributed by atoms with Gasteiger partial charge in [-0.3, -0.25) is 0 Å². The molecule has 0 spiro atoms. The van der Waals surface area contributed by atoms with Crippen molar-refractivity contribution in [1.82, 2.24) is 0 Å². The third-order valence-corrected chi connectivity index (χ3v) is 3.21. The van der Waals surface area contributed by atoms with Crippen LogP contribution in [0.25, 0.3) is 0 Å². The lowest BCUT2D eigenvalue weighted by Crippen LogP contribution is -2.13. The van der Waals surface area contributed by atoms with E-state index in [9.17, 15) is 0 Å². The van der Waals surface area contributed by atoms with Gasteiger partial charge in [0.25, 0.3) is 0 Å². The summed E-state index contributed by atoms with van der Waals surface area (Å²) in [6.45, 7) is 0.673. The van der Waals surface area contributed by atoms with Crippen LogP contribution in [0.4, 0.5) is 0 Å². The van der Waals surface area contributed by atoms with E-state index in [2.05, 4.69) is 0 Å². The molecule has 2 aromatic carbocycles. The average molecular weight is 271 g/mol. The third kappa shape index (κ3) is 4.00. The maximum absolute atomic E-state index is 6.22. The molecule has 1 unspecified atom stereocenters. The van der Waals surface area contributed by atoms with Gasteiger partial charge in [0.15, 0.2) is 0 Å². The van der Waals surface area contributed by atoms with Crippen molar-refractivity contribution in [3.05, 3.63) is 60.2 Å². The lowest BCUT2D eigenvalue weighted by atomic mass is 10.0. The summed E-state index contributed by atoms with van der Waals surface area (Å²) in [5.41, 5.74) is 7.27. The number of methoxy groups -OCH3 is 1. The van der Waals surface area contributed by atoms with E-state index in [1.54, 1.807) is 7.11 Å². The highest BCUT2D eigenvalue weighted by atomic mass is 16.5. The van der Waals surface area contributed by atoms with E-state index >= 15 is 0 Å². The van der Waals surface area contributed by atoms with Crippen molar-refractivity contribution in [3.8, 4) is 11.5 Å². The van der Waals surface area contributed by atoms with Gasteiger partial charge in [-0.15, -0.1) is 0 Å². The van der Waals surface area contributed by atoms with Crippen molar-refractivity contribution in [3.63, 3.8) is 0 Å². The zero-order valence-corrected chi connectivity index (χ0v) is 11.8. The molecule has 2 N–H and O–H groups in total. The molecule has 2 aromatic rings. The Labute approximate surface area is 120 Å². The van der Waals surface area contributed by atoms with E-state index in [-0.39, 0.29) is 6.04 Å². The average Bonchev–Trinajstić information content (AvgIpc) is 2.52. The second-order valence-corrected chi connectivity index (χ2v) is 4.65. The first kappa shape index (κ1) is 14.4. The van der Waals surface area contributed by atoms with Crippen molar-refractivity contribution in [2.75, 3.05) is 13.7 Å². The number of benzene rings is 2. The van der Waals surface area contributed by atoms with Crippen molar-refractivity contribution >= 4 is 0 Å². The van der Waals surface area contributed by atoms with Gasteiger partial charge in [0, 0.05) is 11.6 Å². The van der Waals surface area contributed by atoms with E-state index in [1.807, 2.05) is 54.6 Å². The molecular formula is C17H21NO2. The zero-order chi connectivity index (χ0) is 14.2. The van der Waals surface area contributed by atoms with E-state index in [0.717, 1.165) is 29.9 Å². The minimum Gasteiger partial charge on any atom is -0.496 e. The van der Waals surface area contributed by atoms with Gasteiger partial charge in [-0.05, 0) is 31.0 Å². The summed E-state index contributed by atoms with van der Waals surface area (Å²) in [7, 11) is 1.67. The summed E-state index contributed by atoms with van der Waals surface area (Å²) in [6.07, 6.45) is 1.78. The molecule has 0 radical (unpaired) electrons. The van der Waals surface area contributed by atoms with E-state index in [0.29, 0.717) is 6.61 Å². The molecule has 0 amide bonds. The minimum atomic E-state index is -0.0227. The standard InChI is InChI=1S/C17H21NO2/c1-19-17-12-6-5-10-15(17)16(18)11-7-13-20-14-8-3-2-4-9-14/h2-6,8-10,12,16H,7,11,13,18H2,1H3. The van der Waals surface area contributed by atoms with Gasteiger partial charge in [-0.2, -0.15) is 0 Å². The van der Waals surface area contributed by atoms with Crippen LogP contribution in [-0.4, -0.2) is 13.7 Å². The molecule has 20 heavy (non-hydrogen) atoms. The van der Waals surface area contributed by atoms with Crippen molar-refractivity contribution in [2.24, 2.45) is 5.73 Å². The maximum atomic E-state index is 6.22. The van der Waals surface area contributed by atoms with Crippen LogP contribution in [0.5, 0.6) is 11.5 Å². The van der Waals surface area contributed by atoms with Gasteiger partial charge in [0.2, 0.25) is 0 Å². The fourth-order valence-corrected chi connectivity index (χ4v) is 2.14. The van der Waals surface area contributed by atoms with Gasteiger partial charge < -0.3 is 15.2 Å². The van der Waals surface area contributed by atoms with Gasteiger partial charge in [-0.25, -0.2) is 0 Å². The maximum Gasteiger partial charge on any atom is 0.123 e. The number of para-hydroxylation sites is 2. The summed E-state index contributed by atoms with van der Waals surface area (Å²) in [5.74, 6) is 1.75.